The highest BCUT2D eigenvalue weighted by molar-refractivity contribution is 7.98. The van der Waals surface area contributed by atoms with Gasteiger partial charge in [0, 0.05) is 5.75 Å². The van der Waals surface area contributed by atoms with Gasteiger partial charge in [0.25, 0.3) is 5.56 Å². The number of hydrogen-bond acceptors (Lipinski definition) is 5. The molecule has 0 unspecified atom stereocenters. The van der Waals surface area contributed by atoms with E-state index in [9.17, 15) is 4.79 Å². The van der Waals surface area contributed by atoms with E-state index in [1.165, 1.54) is 17.3 Å². The predicted octanol–water partition coefficient (Wildman–Crippen LogP) is 2.25. The van der Waals surface area contributed by atoms with Crippen molar-refractivity contribution in [2.45, 2.75) is 44.0 Å². The van der Waals surface area contributed by atoms with Gasteiger partial charge in [-0.15, -0.1) is 10.2 Å². The largest absolute Gasteiger partial charge is 0.334 e. The van der Waals surface area contributed by atoms with Gasteiger partial charge in [-0.25, -0.2) is 0 Å². The van der Waals surface area contributed by atoms with E-state index < -0.39 is 0 Å². The molecule has 0 amide bonds. The lowest BCUT2D eigenvalue weighted by atomic mass is 9.87. The summed E-state index contributed by atoms with van der Waals surface area (Å²) in [7, 11) is 0. The van der Waals surface area contributed by atoms with Crippen LogP contribution in [0.3, 0.4) is 0 Å². The number of aromatic nitrogens is 3. The molecule has 2 rings (SSSR count). The number of nitrogens with zero attached hydrogens (tertiary/aromatic N) is 3. The molecule has 0 fully saturated rings. The third kappa shape index (κ3) is 3.64. The lowest BCUT2D eigenvalue weighted by Crippen LogP contribution is -2.32. The number of aryl methyl sites for hydroxylation is 1. The summed E-state index contributed by atoms with van der Waals surface area (Å²) in [5.41, 5.74) is 2.59. The minimum absolute atomic E-state index is 0.145. The van der Waals surface area contributed by atoms with Gasteiger partial charge in [-0.1, -0.05) is 56.8 Å². The molecule has 0 spiro atoms. The molecule has 0 aliphatic rings. The van der Waals surface area contributed by atoms with Gasteiger partial charge in [-0.2, -0.15) is 4.68 Å². The van der Waals surface area contributed by atoms with Crippen molar-refractivity contribution < 1.29 is 0 Å². The maximum absolute atomic E-state index is 11.7. The molecule has 0 saturated heterocycles. The van der Waals surface area contributed by atoms with E-state index in [-0.39, 0.29) is 11.0 Å². The van der Waals surface area contributed by atoms with Crippen molar-refractivity contribution in [2.24, 2.45) is 0 Å². The van der Waals surface area contributed by atoms with Crippen molar-refractivity contribution in [1.29, 1.82) is 0 Å². The van der Waals surface area contributed by atoms with Gasteiger partial charge in [0.2, 0.25) is 5.16 Å². The number of hydrogen-bond donors (Lipinski definition) is 1. The smallest absolute Gasteiger partial charge is 0.294 e. The zero-order valence-electron chi connectivity index (χ0n) is 12.8. The molecule has 0 radical (unpaired) electrons. The highest BCUT2D eigenvalue weighted by Gasteiger charge is 2.13. The Morgan fingerprint density at radius 2 is 1.81 bits per heavy atom. The van der Waals surface area contributed by atoms with Crippen molar-refractivity contribution in [3.05, 3.63) is 51.4 Å². The van der Waals surface area contributed by atoms with Crippen LogP contribution < -0.4 is 11.4 Å². The summed E-state index contributed by atoms with van der Waals surface area (Å²) < 4.78 is 1.05. The molecule has 1 aromatic heterocycles. The first-order chi connectivity index (χ1) is 9.79. The molecule has 6 heteroatoms. The molecule has 0 atom stereocenters. The molecular weight excluding hydrogens is 284 g/mol. The zero-order valence-corrected chi connectivity index (χ0v) is 13.6. The molecule has 112 valence electrons. The van der Waals surface area contributed by atoms with Gasteiger partial charge >= 0.3 is 0 Å². The average Bonchev–Trinajstić information content (AvgIpc) is 2.43. The van der Waals surface area contributed by atoms with E-state index in [4.69, 9.17) is 5.84 Å². The molecule has 1 aromatic carbocycles. The Balaban J connectivity index is 2.10. The minimum atomic E-state index is -0.310. The molecule has 0 bridgehead atoms. The fourth-order valence-corrected chi connectivity index (χ4v) is 2.63. The van der Waals surface area contributed by atoms with Crippen molar-refractivity contribution in [3.63, 3.8) is 0 Å². The predicted molar refractivity (Wildman–Crippen MR) is 85.9 cm³/mol. The first-order valence-electron chi connectivity index (χ1n) is 6.72. The molecule has 2 N–H and O–H groups in total. The lowest BCUT2D eigenvalue weighted by molar-refractivity contribution is 0.590. The van der Waals surface area contributed by atoms with Crippen LogP contribution in [-0.4, -0.2) is 14.9 Å². The second-order valence-corrected chi connectivity index (χ2v) is 6.92. The van der Waals surface area contributed by atoms with Crippen molar-refractivity contribution in [3.8, 4) is 0 Å². The Labute approximate surface area is 128 Å². The maximum Gasteiger partial charge on any atom is 0.294 e. The normalized spacial score (nSPS) is 11.6. The van der Waals surface area contributed by atoms with Crippen molar-refractivity contribution in [2.75, 3.05) is 5.84 Å². The molecule has 1 heterocycles. The molecule has 21 heavy (non-hydrogen) atoms. The van der Waals surface area contributed by atoms with Gasteiger partial charge < -0.3 is 5.84 Å². The zero-order chi connectivity index (χ0) is 15.6. The van der Waals surface area contributed by atoms with Crippen LogP contribution in [0.2, 0.25) is 0 Å². The third-order valence-electron chi connectivity index (χ3n) is 3.21. The van der Waals surface area contributed by atoms with Crippen LogP contribution in [-0.2, 0) is 11.2 Å². The topological polar surface area (TPSA) is 73.8 Å². The van der Waals surface area contributed by atoms with E-state index in [0.717, 1.165) is 10.2 Å². The van der Waals surface area contributed by atoms with Gasteiger partial charge in [0.1, 0.15) is 5.69 Å². The second-order valence-electron chi connectivity index (χ2n) is 5.98. The number of rotatable bonds is 3. The van der Waals surface area contributed by atoms with Crippen LogP contribution in [0.4, 0.5) is 0 Å². The summed E-state index contributed by atoms with van der Waals surface area (Å²) >= 11 is 1.40. The summed E-state index contributed by atoms with van der Waals surface area (Å²) in [6.45, 7) is 8.15. The quantitative estimate of drug-likeness (QED) is 0.695. The average molecular weight is 304 g/mol. The number of thioether (sulfide) groups is 1. The lowest BCUT2D eigenvalue weighted by Gasteiger charge is -2.19. The van der Waals surface area contributed by atoms with Gasteiger partial charge in [0.05, 0.1) is 0 Å². The summed E-state index contributed by atoms with van der Waals surface area (Å²) in [5, 5.41) is 8.20. The monoisotopic (exact) mass is 304 g/mol. The summed E-state index contributed by atoms with van der Waals surface area (Å²) in [4.78, 5) is 11.7. The molecular formula is C15H20N4OS. The fourth-order valence-electron chi connectivity index (χ4n) is 1.82. The molecule has 2 aromatic rings. The Morgan fingerprint density at radius 3 is 2.38 bits per heavy atom. The van der Waals surface area contributed by atoms with E-state index in [2.05, 4.69) is 55.2 Å². The van der Waals surface area contributed by atoms with Crippen LogP contribution in [0.25, 0.3) is 0 Å². The highest BCUT2D eigenvalue weighted by atomic mass is 32.2. The third-order valence-corrected chi connectivity index (χ3v) is 4.22. The molecule has 5 nitrogen and oxygen atoms in total. The maximum atomic E-state index is 11.7. The van der Waals surface area contributed by atoms with E-state index in [1.54, 1.807) is 6.92 Å². The van der Waals surface area contributed by atoms with E-state index in [1.807, 2.05) is 0 Å². The summed E-state index contributed by atoms with van der Waals surface area (Å²) in [6.07, 6.45) is 0. The van der Waals surface area contributed by atoms with E-state index >= 15 is 0 Å². The Morgan fingerprint density at radius 1 is 1.19 bits per heavy atom. The first-order valence-corrected chi connectivity index (χ1v) is 7.71. The van der Waals surface area contributed by atoms with Gasteiger partial charge in [0.15, 0.2) is 0 Å². The van der Waals surface area contributed by atoms with E-state index in [0.29, 0.717) is 16.6 Å². The Kier molecular flexibility index (Phi) is 4.37. The molecule has 0 saturated carbocycles. The van der Waals surface area contributed by atoms with Crippen LogP contribution in [0, 0.1) is 6.92 Å². The van der Waals surface area contributed by atoms with Gasteiger partial charge in [-0.3, -0.25) is 4.79 Å². The Bertz CT molecular complexity index is 686. The number of benzene rings is 1. The highest BCUT2D eigenvalue weighted by Crippen LogP contribution is 2.24. The fraction of sp³-hybridized carbons (Fsp3) is 0.400. The minimum Gasteiger partial charge on any atom is -0.334 e. The van der Waals surface area contributed by atoms with Crippen molar-refractivity contribution >= 4 is 11.8 Å². The van der Waals surface area contributed by atoms with Gasteiger partial charge in [-0.05, 0) is 23.5 Å². The van der Waals surface area contributed by atoms with Crippen LogP contribution in [0.1, 0.15) is 37.6 Å². The standard InChI is InChI=1S/C15H20N4OS/c1-10-13(20)19(16)14(18-17-10)21-9-11-5-7-12(8-6-11)15(2,3)4/h5-8H,9,16H2,1-4H3. The molecule has 0 aliphatic heterocycles. The first kappa shape index (κ1) is 15.6. The van der Waals surface area contributed by atoms with Crippen LogP contribution in [0.5, 0.6) is 0 Å². The number of nitrogens with two attached hydrogens (primary N) is 1. The van der Waals surface area contributed by atoms with Crippen molar-refractivity contribution in [1.82, 2.24) is 14.9 Å². The SMILES string of the molecule is Cc1nnc(SCc2ccc(C(C)(C)C)cc2)n(N)c1=O. The second kappa shape index (κ2) is 5.89. The Hall–Kier alpha value is -1.82. The summed E-state index contributed by atoms with van der Waals surface area (Å²) in [5.74, 6) is 6.40. The summed E-state index contributed by atoms with van der Waals surface area (Å²) in [6, 6.07) is 8.45. The molecule has 0 aliphatic carbocycles. The number of nitrogen functional groups attached to an aromatic ring is 1. The van der Waals surface area contributed by atoms with Crippen LogP contribution >= 0.6 is 11.8 Å². The van der Waals surface area contributed by atoms with Crippen LogP contribution in [0.15, 0.2) is 34.2 Å².